The number of hydrogen-bond acceptors (Lipinski definition) is 6. The van der Waals surface area contributed by atoms with Gasteiger partial charge in [-0.05, 0) is 61.2 Å². The number of rotatable bonds is 10. The molecule has 0 aliphatic heterocycles. The van der Waals surface area contributed by atoms with Crippen LogP contribution in [0.3, 0.4) is 0 Å². The van der Waals surface area contributed by atoms with Crippen molar-refractivity contribution < 1.29 is 28.6 Å². The van der Waals surface area contributed by atoms with Gasteiger partial charge in [0, 0.05) is 0 Å². The lowest BCUT2D eigenvalue weighted by Gasteiger charge is -2.16. The van der Waals surface area contributed by atoms with Gasteiger partial charge in [-0.25, -0.2) is 4.79 Å². The van der Waals surface area contributed by atoms with Gasteiger partial charge in [-0.1, -0.05) is 32.9 Å². The summed E-state index contributed by atoms with van der Waals surface area (Å²) in [5, 5.41) is 0. The number of carbonyl (C=O) groups is 3. The van der Waals surface area contributed by atoms with E-state index < -0.39 is 23.9 Å². The highest BCUT2D eigenvalue weighted by atomic mass is 16.5. The maximum absolute atomic E-state index is 12.1. The van der Waals surface area contributed by atoms with E-state index in [4.69, 9.17) is 14.2 Å². The van der Waals surface area contributed by atoms with E-state index in [0.717, 1.165) is 6.42 Å². The molecule has 0 aliphatic carbocycles. The van der Waals surface area contributed by atoms with Crippen molar-refractivity contribution in [2.24, 2.45) is 0 Å². The molecule has 0 aliphatic rings. The number of benzene rings is 2. The van der Waals surface area contributed by atoms with Crippen molar-refractivity contribution in [1.82, 2.24) is 10.9 Å². The van der Waals surface area contributed by atoms with Gasteiger partial charge >= 0.3 is 5.97 Å². The van der Waals surface area contributed by atoms with Crippen LogP contribution in [0.1, 0.15) is 56.0 Å². The second-order valence-electron chi connectivity index (χ2n) is 7.47. The summed E-state index contributed by atoms with van der Waals surface area (Å²) in [6.45, 7) is 7.73. The van der Waals surface area contributed by atoms with Gasteiger partial charge in [0.25, 0.3) is 11.8 Å². The lowest BCUT2D eigenvalue weighted by molar-refractivity contribution is -0.133. The number of nitrogens with one attached hydrogen (secondary N) is 2. The van der Waals surface area contributed by atoms with Gasteiger partial charge in [0.1, 0.15) is 11.5 Å². The van der Waals surface area contributed by atoms with Gasteiger partial charge < -0.3 is 14.2 Å². The molecule has 172 valence electrons. The van der Waals surface area contributed by atoms with Gasteiger partial charge in [0.15, 0.2) is 12.7 Å². The summed E-state index contributed by atoms with van der Waals surface area (Å²) in [7, 11) is 0. The molecule has 2 amide bonds. The van der Waals surface area contributed by atoms with Crippen molar-refractivity contribution in [2.75, 3.05) is 13.2 Å². The van der Waals surface area contributed by atoms with E-state index in [0.29, 0.717) is 29.6 Å². The molecule has 0 saturated heterocycles. The molecule has 1 atom stereocenters. The summed E-state index contributed by atoms with van der Waals surface area (Å²) >= 11 is 0. The molecule has 32 heavy (non-hydrogen) atoms. The molecule has 0 radical (unpaired) electrons. The molecular weight excluding hydrogens is 412 g/mol. The zero-order valence-electron chi connectivity index (χ0n) is 18.8. The molecule has 0 fully saturated rings. The molecule has 1 unspecified atom stereocenters. The van der Waals surface area contributed by atoms with Crippen LogP contribution in [0, 0.1) is 0 Å². The third kappa shape index (κ3) is 7.94. The molecule has 8 heteroatoms. The summed E-state index contributed by atoms with van der Waals surface area (Å²) < 4.78 is 16.0. The standard InChI is InChI=1S/C24H30N2O6/c1-5-14-30-24(29)19-8-10-20(11-9-19)31-15-22(27)25-26-23(28)17(4)32-21-12-6-18(7-13-21)16(2)3/h6-13,16-17H,5,14-15H2,1-4H3,(H,25,27)(H,26,28). The fourth-order valence-corrected chi connectivity index (χ4v) is 2.57. The van der Waals surface area contributed by atoms with Crippen molar-refractivity contribution in [3.63, 3.8) is 0 Å². The molecule has 2 aromatic rings. The van der Waals surface area contributed by atoms with Crippen molar-refractivity contribution in [1.29, 1.82) is 0 Å². The fourth-order valence-electron chi connectivity index (χ4n) is 2.57. The first kappa shape index (κ1) is 24.7. The number of hydrogen-bond donors (Lipinski definition) is 2. The molecule has 0 saturated carbocycles. The van der Waals surface area contributed by atoms with Crippen molar-refractivity contribution in [3.05, 3.63) is 59.7 Å². The van der Waals surface area contributed by atoms with Crippen LogP contribution in [0.25, 0.3) is 0 Å². The zero-order chi connectivity index (χ0) is 23.5. The van der Waals surface area contributed by atoms with E-state index in [2.05, 4.69) is 24.7 Å². The summed E-state index contributed by atoms with van der Waals surface area (Å²) in [5.41, 5.74) is 6.16. The second-order valence-corrected chi connectivity index (χ2v) is 7.47. The Morgan fingerprint density at radius 2 is 1.50 bits per heavy atom. The molecule has 0 aromatic heterocycles. The van der Waals surface area contributed by atoms with Crippen LogP contribution in [0.15, 0.2) is 48.5 Å². The topological polar surface area (TPSA) is 103 Å². The lowest BCUT2D eigenvalue weighted by atomic mass is 10.0. The minimum Gasteiger partial charge on any atom is -0.484 e. The van der Waals surface area contributed by atoms with Crippen LogP contribution in [0.5, 0.6) is 11.5 Å². The molecule has 8 nitrogen and oxygen atoms in total. The number of hydrazine groups is 1. The number of amides is 2. The molecule has 0 bridgehead atoms. The minimum atomic E-state index is -0.805. The molecule has 2 N–H and O–H groups in total. The van der Waals surface area contributed by atoms with E-state index in [1.54, 1.807) is 43.3 Å². The Hall–Kier alpha value is -3.55. The monoisotopic (exact) mass is 442 g/mol. The minimum absolute atomic E-state index is 0.314. The highest BCUT2D eigenvalue weighted by Gasteiger charge is 2.16. The highest BCUT2D eigenvalue weighted by Crippen LogP contribution is 2.19. The lowest BCUT2D eigenvalue weighted by Crippen LogP contribution is -2.48. The fraction of sp³-hybridized carbons (Fsp3) is 0.375. The predicted octanol–water partition coefficient (Wildman–Crippen LogP) is 3.37. The predicted molar refractivity (Wildman–Crippen MR) is 119 cm³/mol. The smallest absolute Gasteiger partial charge is 0.338 e. The largest absolute Gasteiger partial charge is 0.484 e. The van der Waals surface area contributed by atoms with Crippen molar-refractivity contribution in [2.45, 2.75) is 46.1 Å². The first-order valence-electron chi connectivity index (χ1n) is 10.6. The number of carbonyl (C=O) groups excluding carboxylic acids is 3. The van der Waals surface area contributed by atoms with Gasteiger partial charge in [-0.2, -0.15) is 0 Å². The Bertz CT molecular complexity index is 894. The van der Waals surface area contributed by atoms with Gasteiger partial charge in [0.2, 0.25) is 0 Å². The summed E-state index contributed by atoms with van der Waals surface area (Å²) in [6, 6.07) is 13.7. The summed E-state index contributed by atoms with van der Waals surface area (Å²) in [6.07, 6.45) is -0.0596. The molecule has 0 spiro atoms. The number of ether oxygens (including phenoxy) is 3. The average Bonchev–Trinajstić information content (AvgIpc) is 2.80. The van der Waals surface area contributed by atoms with E-state index in [-0.39, 0.29) is 6.61 Å². The van der Waals surface area contributed by atoms with Crippen molar-refractivity contribution in [3.8, 4) is 11.5 Å². The summed E-state index contributed by atoms with van der Waals surface area (Å²) in [4.78, 5) is 35.8. The normalized spacial score (nSPS) is 11.4. The van der Waals surface area contributed by atoms with E-state index in [1.807, 2.05) is 19.1 Å². The molecule has 2 rings (SSSR count). The van der Waals surface area contributed by atoms with Crippen LogP contribution in [0.4, 0.5) is 0 Å². The third-order valence-corrected chi connectivity index (χ3v) is 4.45. The maximum atomic E-state index is 12.1. The SMILES string of the molecule is CCCOC(=O)c1ccc(OCC(=O)NNC(=O)C(C)Oc2ccc(C(C)C)cc2)cc1. The van der Waals surface area contributed by atoms with Crippen LogP contribution in [-0.4, -0.2) is 37.1 Å². The Balaban J connectivity index is 1.72. The van der Waals surface area contributed by atoms with Crippen LogP contribution in [0.2, 0.25) is 0 Å². The van der Waals surface area contributed by atoms with Gasteiger partial charge in [-0.15, -0.1) is 0 Å². The molecular formula is C24H30N2O6. The van der Waals surface area contributed by atoms with E-state index >= 15 is 0 Å². The third-order valence-electron chi connectivity index (χ3n) is 4.45. The maximum Gasteiger partial charge on any atom is 0.338 e. The van der Waals surface area contributed by atoms with Crippen molar-refractivity contribution >= 4 is 17.8 Å². The second kappa shape index (κ2) is 12.3. The first-order chi connectivity index (χ1) is 15.3. The van der Waals surface area contributed by atoms with Crippen LogP contribution in [-0.2, 0) is 14.3 Å². The Labute approximate surface area is 188 Å². The average molecular weight is 443 g/mol. The molecule has 0 heterocycles. The van der Waals surface area contributed by atoms with Gasteiger partial charge in [0.05, 0.1) is 12.2 Å². The van der Waals surface area contributed by atoms with E-state index in [1.165, 1.54) is 5.56 Å². The Morgan fingerprint density at radius 1 is 0.875 bits per heavy atom. The summed E-state index contributed by atoms with van der Waals surface area (Å²) in [5.74, 6) is -0.0817. The Morgan fingerprint density at radius 3 is 2.09 bits per heavy atom. The molecule has 2 aromatic carbocycles. The van der Waals surface area contributed by atoms with Crippen LogP contribution >= 0.6 is 0 Å². The Kier molecular flexibility index (Phi) is 9.53. The van der Waals surface area contributed by atoms with Crippen LogP contribution < -0.4 is 20.3 Å². The van der Waals surface area contributed by atoms with Gasteiger partial charge in [-0.3, -0.25) is 20.4 Å². The van der Waals surface area contributed by atoms with E-state index in [9.17, 15) is 14.4 Å². The number of esters is 1. The zero-order valence-corrected chi connectivity index (χ0v) is 18.8. The quantitative estimate of drug-likeness (QED) is 0.432. The first-order valence-corrected chi connectivity index (χ1v) is 10.6. The highest BCUT2D eigenvalue weighted by molar-refractivity contribution is 5.89.